The Morgan fingerprint density at radius 1 is 1.21 bits per heavy atom. The third-order valence-electron chi connectivity index (χ3n) is 5.06. The standard InChI is InChI=1S/C18H22FN3O2/c1-10(2)11(3)22-9-14-15(17(22)23)16(20-18(24)21(14)4)12-7-5-6-8-13(12)19/h5-8,10-11,16H,9H2,1-4H3,(H,20,24). The van der Waals surface area contributed by atoms with Crippen molar-refractivity contribution in [2.24, 2.45) is 5.92 Å². The first-order valence-electron chi connectivity index (χ1n) is 8.15. The van der Waals surface area contributed by atoms with Gasteiger partial charge in [-0.2, -0.15) is 0 Å². The quantitative estimate of drug-likeness (QED) is 0.926. The molecule has 5 nitrogen and oxygen atoms in total. The molecule has 0 aliphatic carbocycles. The summed E-state index contributed by atoms with van der Waals surface area (Å²) in [5.41, 5.74) is 1.44. The first kappa shape index (κ1) is 16.5. The molecule has 1 aromatic carbocycles. The second-order valence-corrected chi connectivity index (χ2v) is 6.74. The monoisotopic (exact) mass is 331 g/mol. The highest BCUT2D eigenvalue weighted by atomic mass is 19.1. The van der Waals surface area contributed by atoms with Crippen LogP contribution in [0.25, 0.3) is 0 Å². The Bertz CT molecular complexity index is 729. The summed E-state index contributed by atoms with van der Waals surface area (Å²) in [6, 6.07) is 5.21. The highest BCUT2D eigenvalue weighted by Crippen LogP contribution is 2.37. The Morgan fingerprint density at radius 2 is 1.88 bits per heavy atom. The predicted molar refractivity (Wildman–Crippen MR) is 88.5 cm³/mol. The smallest absolute Gasteiger partial charge is 0.322 e. The van der Waals surface area contributed by atoms with E-state index < -0.39 is 11.9 Å². The van der Waals surface area contributed by atoms with Gasteiger partial charge in [0.2, 0.25) is 0 Å². The van der Waals surface area contributed by atoms with Crippen molar-refractivity contribution >= 4 is 11.9 Å². The lowest BCUT2D eigenvalue weighted by Crippen LogP contribution is -2.45. The molecule has 1 aromatic rings. The number of benzene rings is 1. The molecule has 128 valence electrons. The molecule has 0 saturated heterocycles. The van der Waals surface area contributed by atoms with Crippen LogP contribution in [-0.2, 0) is 4.79 Å². The minimum Gasteiger partial charge on any atom is -0.330 e. The van der Waals surface area contributed by atoms with E-state index in [4.69, 9.17) is 0 Å². The molecule has 2 unspecified atom stereocenters. The number of nitrogens with zero attached hydrogens (tertiary/aromatic N) is 2. The number of amides is 3. The van der Waals surface area contributed by atoms with Gasteiger partial charge in [-0.05, 0) is 18.9 Å². The van der Waals surface area contributed by atoms with Gasteiger partial charge in [-0.1, -0.05) is 32.0 Å². The maximum atomic E-state index is 14.3. The number of carbonyl (C=O) groups is 2. The molecule has 24 heavy (non-hydrogen) atoms. The van der Waals surface area contributed by atoms with E-state index in [1.807, 2.05) is 6.92 Å². The van der Waals surface area contributed by atoms with Gasteiger partial charge in [0.05, 0.1) is 23.9 Å². The number of hydrogen-bond acceptors (Lipinski definition) is 2. The number of carbonyl (C=O) groups excluding carboxylic acids is 2. The van der Waals surface area contributed by atoms with Gasteiger partial charge in [-0.25, -0.2) is 9.18 Å². The van der Waals surface area contributed by atoms with E-state index in [0.717, 1.165) is 0 Å². The SMILES string of the molecule is CC(C)C(C)N1CC2=C(C1=O)C(c1ccccc1F)NC(=O)N2C. The van der Waals surface area contributed by atoms with Crippen molar-refractivity contribution in [3.8, 4) is 0 Å². The van der Waals surface area contributed by atoms with Gasteiger partial charge in [-0.3, -0.25) is 9.69 Å². The molecule has 2 atom stereocenters. The third kappa shape index (κ3) is 2.46. The van der Waals surface area contributed by atoms with Crippen molar-refractivity contribution in [3.63, 3.8) is 0 Å². The predicted octanol–water partition coefficient (Wildman–Crippen LogP) is 2.66. The summed E-state index contributed by atoms with van der Waals surface area (Å²) in [6.07, 6.45) is 0. The molecule has 2 aliphatic rings. The van der Waals surface area contributed by atoms with E-state index in [1.54, 1.807) is 30.1 Å². The highest BCUT2D eigenvalue weighted by Gasteiger charge is 2.44. The summed E-state index contributed by atoms with van der Waals surface area (Å²) in [7, 11) is 1.64. The Balaban J connectivity index is 2.05. The molecule has 3 amide bonds. The first-order valence-corrected chi connectivity index (χ1v) is 8.15. The number of urea groups is 1. The van der Waals surface area contributed by atoms with Crippen LogP contribution in [0.2, 0.25) is 0 Å². The van der Waals surface area contributed by atoms with Gasteiger partial charge < -0.3 is 10.2 Å². The molecule has 0 saturated carbocycles. The number of hydrogen-bond donors (Lipinski definition) is 1. The Kier molecular flexibility index (Phi) is 4.07. The summed E-state index contributed by atoms with van der Waals surface area (Å²) >= 11 is 0. The van der Waals surface area contributed by atoms with Gasteiger partial charge >= 0.3 is 6.03 Å². The van der Waals surface area contributed by atoms with E-state index >= 15 is 0 Å². The maximum absolute atomic E-state index is 14.3. The normalized spacial score (nSPS) is 22.2. The lowest BCUT2D eigenvalue weighted by Gasteiger charge is -2.31. The van der Waals surface area contributed by atoms with Crippen molar-refractivity contribution in [1.82, 2.24) is 15.1 Å². The van der Waals surface area contributed by atoms with Crippen molar-refractivity contribution in [3.05, 3.63) is 46.9 Å². The van der Waals surface area contributed by atoms with Gasteiger partial charge in [0.1, 0.15) is 5.82 Å². The molecule has 0 spiro atoms. The van der Waals surface area contributed by atoms with Crippen molar-refractivity contribution in [1.29, 1.82) is 0 Å². The van der Waals surface area contributed by atoms with Crippen LogP contribution in [0.1, 0.15) is 32.4 Å². The van der Waals surface area contributed by atoms with Crippen LogP contribution >= 0.6 is 0 Å². The lowest BCUT2D eigenvalue weighted by atomic mass is 9.95. The van der Waals surface area contributed by atoms with Crippen LogP contribution in [0.5, 0.6) is 0 Å². The Hall–Kier alpha value is -2.37. The van der Waals surface area contributed by atoms with Gasteiger partial charge in [-0.15, -0.1) is 0 Å². The minimum atomic E-state index is -0.748. The maximum Gasteiger partial charge on any atom is 0.322 e. The van der Waals surface area contributed by atoms with Crippen LogP contribution < -0.4 is 5.32 Å². The molecule has 3 rings (SSSR count). The topological polar surface area (TPSA) is 52.7 Å². The van der Waals surface area contributed by atoms with E-state index in [0.29, 0.717) is 23.4 Å². The van der Waals surface area contributed by atoms with Crippen molar-refractivity contribution in [2.75, 3.05) is 13.6 Å². The molecule has 0 fully saturated rings. The molecule has 2 aliphatic heterocycles. The number of halogens is 1. The minimum absolute atomic E-state index is 0.0351. The molecule has 0 aromatic heterocycles. The highest BCUT2D eigenvalue weighted by molar-refractivity contribution is 6.01. The zero-order valence-electron chi connectivity index (χ0n) is 14.3. The number of nitrogens with one attached hydrogen (secondary N) is 1. The number of rotatable bonds is 3. The Labute approximate surface area is 141 Å². The van der Waals surface area contributed by atoms with Gasteiger partial charge in [0, 0.05) is 18.7 Å². The van der Waals surface area contributed by atoms with Crippen LogP contribution in [0.4, 0.5) is 9.18 Å². The molecular formula is C18H22FN3O2. The summed E-state index contributed by atoms with van der Waals surface area (Å²) < 4.78 is 14.3. The Morgan fingerprint density at radius 3 is 2.50 bits per heavy atom. The largest absolute Gasteiger partial charge is 0.330 e. The molecular weight excluding hydrogens is 309 g/mol. The van der Waals surface area contributed by atoms with Gasteiger partial charge in [0.25, 0.3) is 5.91 Å². The zero-order valence-corrected chi connectivity index (χ0v) is 14.3. The average molecular weight is 331 g/mol. The summed E-state index contributed by atoms with van der Waals surface area (Å²) in [4.78, 5) is 28.5. The second-order valence-electron chi connectivity index (χ2n) is 6.74. The van der Waals surface area contributed by atoms with Crippen LogP contribution in [0.3, 0.4) is 0 Å². The molecule has 1 N–H and O–H groups in total. The molecule has 6 heteroatoms. The fourth-order valence-electron chi connectivity index (χ4n) is 3.22. The average Bonchev–Trinajstić information content (AvgIpc) is 2.89. The van der Waals surface area contributed by atoms with Crippen LogP contribution in [0.15, 0.2) is 35.5 Å². The molecule has 0 bridgehead atoms. The molecule has 0 radical (unpaired) electrons. The fourth-order valence-corrected chi connectivity index (χ4v) is 3.22. The van der Waals surface area contributed by atoms with E-state index in [-0.39, 0.29) is 23.9 Å². The summed E-state index contributed by atoms with van der Waals surface area (Å²) in [5.74, 6) is -0.273. The van der Waals surface area contributed by atoms with E-state index in [9.17, 15) is 14.0 Å². The van der Waals surface area contributed by atoms with Crippen molar-refractivity contribution in [2.45, 2.75) is 32.9 Å². The summed E-state index contributed by atoms with van der Waals surface area (Å²) in [5, 5.41) is 2.76. The van der Waals surface area contributed by atoms with E-state index in [2.05, 4.69) is 19.2 Å². The van der Waals surface area contributed by atoms with Crippen LogP contribution in [-0.4, -0.2) is 41.4 Å². The number of likely N-dealkylation sites (N-methyl/N-ethyl adjacent to an activating group) is 1. The van der Waals surface area contributed by atoms with Crippen molar-refractivity contribution < 1.29 is 14.0 Å². The van der Waals surface area contributed by atoms with Gasteiger partial charge in [0.15, 0.2) is 0 Å². The third-order valence-corrected chi connectivity index (χ3v) is 5.06. The molecule has 2 heterocycles. The van der Waals surface area contributed by atoms with Crippen LogP contribution in [0, 0.1) is 11.7 Å². The fraction of sp³-hybridized carbons (Fsp3) is 0.444. The second kappa shape index (κ2) is 5.92. The van der Waals surface area contributed by atoms with E-state index in [1.165, 1.54) is 11.0 Å². The lowest BCUT2D eigenvalue weighted by molar-refractivity contribution is -0.128. The summed E-state index contributed by atoms with van der Waals surface area (Å²) in [6.45, 7) is 6.48. The first-order chi connectivity index (χ1) is 11.3. The zero-order chi connectivity index (χ0) is 17.6.